The lowest BCUT2D eigenvalue weighted by Crippen LogP contribution is -2.23. The molecule has 0 aliphatic carbocycles. The highest BCUT2D eigenvalue weighted by molar-refractivity contribution is 8.13. The highest BCUT2D eigenvalue weighted by Crippen LogP contribution is 2.25. The van der Waals surface area contributed by atoms with E-state index in [4.69, 9.17) is 10.7 Å². The van der Waals surface area contributed by atoms with Crippen molar-refractivity contribution in [2.45, 2.75) is 20.3 Å². The molecule has 0 spiro atoms. The molecule has 0 saturated carbocycles. The van der Waals surface area contributed by atoms with Crippen molar-refractivity contribution >= 4 is 19.7 Å². The molecular weight excluding hydrogens is 251 g/mol. The Bertz CT molecular complexity index is 469. The van der Waals surface area contributed by atoms with Crippen LogP contribution in [0, 0.1) is 11.2 Å². The largest absolute Gasteiger partial charge is 0.233 e. The van der Waals surface area contributed by atoms with Gasteiger partial charge in [-0.3, -0.25) is 0 Å². The molecule has 0 radical (unpaired) electrons. The Balaban J connectivity index is 2.80. The zero-order chi connectivity index (χ0) is 12.4. The monoisotopic (exact) mass is 264 g/mol. The molecule has 0 unspecified atom stereocenters. The van der Waals surface area contributed by atoms with E-state index in [1.807, 2.05) is 0 Å². The third-order valence-electron chi connectivity index (χ3n) is 2.13. The molecule has 0 aliphatic rings. The summed E-state index contributed by atoms with van der Waals surface area (Å²) in [5.74, 6) is -0.444. The maximum atomic E-state index is 12.9. The molecule has 5 heteroatoms. The Kier molecular flexibility index (Phi) is 3.97. The van der Waals surface area contributed by atoms with E-state index < -0.39 is 14.5 Å². The maximum Gasteiger partial charge on any atom is 0.233 e. The van der Waals surface area contributed by atoms with Crippen LogP contribution in [-0.4, -0.2) is 14.2 Å². The summed E-state index contributed by atoms with van der Waals surface area (Å²) < 4.78 is 34.9. The fourth-order valence-corrected chi connectivity index (χ4v) is 3.64. The summed E-state index contributed by atoms with van der Waals surface area (Å²) in [6.07, 6.45) is 0.469. The van der Waals surface area contributed by atoms with Crippen molar-refractivity contribution in [1.82, 2.24) is 0 Å². The first-order chi connectivity index (χ1) is 7.18. The lowest BCUT2D eigenvalue weighted by molar-refractivity contribution is 0.411. The summed E-state index contributed by atoms with van der Waals surface area (Å²) in [4.78, 5) is 0. The van der Waals surface area contributed by atoms with Crippen LogP contribution >= 0.6 is 10.7 Å². The number of hydrogen-bond acceptors (Lipinski definition) is 2. The van der Waals surface area contributed by atoms with Gasteiger partial charge in [0, 0.05) is 10.7 Å². The van der Waals surface area contributed by atoms with Gasteiger partial charge in [-0.05, 0) is 29.5 Å². The van der Waals surface area contributed by atoms with Crippen LogP contribution in [0.25, 0.3) is 0 Å². The van der Waals surface area contributed by atoms with Gasteiger partial charge in [-0.15, -0.1) is 0 Å². The number of halogens is 2. The average molecular weight is 265 g/mol. The smallest absolute Gasteiger partial charge is 0.212 e. The van der Waals surface area contributed by atoms with Gasteiger partial charge in [0.2, 0.25) is 9.05 Å². The standard InChI is InChI=1S/C11H14ClFO2S/c1-11(2,8-16(12,14)15)7-9-4-3-5-10(13)6-9/h3-6H,7-8H2,1-2H3. The molecule has 0 aliphatic heterocycles. The second kappa shape index (κ2) is 4.72. The van der Waals surface area contributed by atoms with Crippen LogP contribution in [0.2, 0.25) is 0 Å². The molecule has 90 valence electrons. The Morgan fingerprint density at radius 3 is 2.50 bits per heavy atom. The Labute approximate surface area is 99.9 Å². The summed E-state index contributed by atoms with van der Waals surface area (Å²) in [7, 11) is 1.68. The molecule has 0 amide bonds. The molecule has 0 fully saturated rings. The van der Waals surface area contributed by atoms with Crippen molar-refractivity contribution in [2.75, 3.05) is 5.75 Å². The predicted octanol–water partition coefficient (Wildman–Crippen LogP) is 2.96. The summed E-state index contributed by atoms with van der Waals surface area (Å²) in [6, 6.07) is 6.14. The van der Waals surface area contributed by atoms with E-state index in [1.54, 1.807) is 26.0 Å². The van der Waals surface area contributed by atoms with E-state index >= 15 is 0 Å². The van der Waals surface area contributed by atoms with E-state index in [0.29, 0.717) is 6.42 Å². The first-order valence-electron chi connectivity index (χ1n) is 4.85. The van der Waals surface area contributed by atoms with Crippen molar-refractivity contribution < 1.29 is 12.8 Å². The van der Waals surface area contributed by atoms with Crippen LogP contribution in [0.3, 0.4) is 0 Å². The molecular formula is C11H14ClFO2S. The van der Waals surface area contributed by atoms with Gasteiger partial charge in [0.1, 0.15) is 5.82 Å². The van der Waals surface area contributed by atoms with Gasteiger partial charge in [0.05, 0.1) is 5.75 Å². The van der Waals surface area contributed by atoms with Gasteiger partial charge in [-0.1, -0.05) is 26.0 Å². The molecule has 1 aromatic carbocycles. The summed E-state index contributed by atoms with van der Waals surface area (Å²) in [5.41, 5.74) is 0.263. The minimum Gasteiger partial charge on any atom is -0.212 e. The van der Waals surface area contributed by atoms with Crippen molar-refractivity contribution in [1.29, 1.82) is 0 Å². The minimum absolute atomic E-state index is 0.127. The summed E-state index contributed by atoms with van der Waals surface area (Å²) in [6.45, 7) is 3.58. The third kappa shape index (κ3) is 4.94. The molecule has 16 heavy (non-hydrogen) atoms. The maximum absolute atomic E-state index is 12.9. The first kappa shape index (κ1) is 13.5. The van der Waals surface area contributed by atoms with Gasteiger partial charge in [0.15, 0.2) is 0 Å². The van der Waals surface area contributed by atoms with E-state index in [1.165, 1.54) is 12.1 Å². The molecule has 1 aromatic rings. The number of benzene rings is 1. The van der Waals surface area contributed by atoms with Gasteiger partial charge in [-0.2, -0.15) is 0 Å². The Morgan fingerprint density at radius 2 is 2.00 bits per heavy atom. The van der Waals surface area contributed by atoms with Crippen LogP contribution in [0.15, 0.2) is 24.3 Å². The quantitative estimate of drug-likeness (QED) is 0.784. The normalized spacial score (nSPS) is 12.8. The van der Waals surface area contributed by atoms with Crippen LogP contribution < -0.4 is 0 Å². The van der Waals surface area contributed by atoms with Crippen molar-refractivity contribution in [3.05, 3.63) is 35.6 Å². The van der Waals surface area contributed by atoms with Crippen LogP contribution in [0.1, 0.15) is 19.4 Å². The molecule has 1 rings (SSSR count). The van der Waals surface area contributed by atoms with E-state index in [-0.39, 0.29) is 11.6 Å². The van der Waals surface area contributed by atoms with Gasteiger partial charge >= 0.3 is 0 Å². The fraction of sp³-hybridized carbons (Fsp3) is 0.455. The highest BCUT2D eigenvalue weighted by Gasteiger charge is 2.25. The molecule has 0 N–H and O–H groups in total. The number of rotatable bonds is 4. The van der Waals surface area contributed by atoms with Crippen LogP contribution in [0.4, 0.5) is 4.39 Å². The second-order valence-electron chi connectivity index (χ2n) is 4.65. The lowest BCUT2D eigenvalue weighted by Gasteiger charge is -2.22. The predicted molar refractivity (Wildman–Crippen MR) is 63.5 cm³/mol. The average Bonchev–Trinajstić information content (AvgIpc) is 1.96. The molecule has 0 heterocycles. The van der Waals surface area contributed by atoms with E-state index in [9.17, 15) is 12.8 Å². The third-order valence-corrected chi connectivity index (χ3v) is 3.59. The molecule has 2 nitrogen and oxygen atoms in total. The van der Waals surface area contributed by atoms with E-state index in [2.05, 4.69) is 0 Å². The van der Waals surface area contributed by atoms with Crippen molar-refractivity contribution in [3.8, 4) is 0 Å². The SMILES string of the molecule is CC(C)(Cc1cccc(F)c1)CS(=O)(=O)Cl. The fourth-order valence-electron chi connectivity index (χ4n) is 1.72. The number of hydrogen-bond donors (Lipinski definition) is 0. The molecule has 0 aromatic heterocycles. The Morgan fingerprint density at radius 1 is 1.38 bits per heavy atom. The van der Waals surface area contributed by atoms with Gasteiger partial charge in [-0.25, -0.2) is 12.8 Å². The Hall–Kier alpha value is -0.610. The van der Waals surface area contributed by atoms with E-state index in [0.717, 1.165) is 5.56 Å². The first-order valence-corrected chi connectivity index (χ1v) is 7.33. The van der Waals surface area contributed by atoms with Gasteiger partial charge < -0.3 is 0 Å². The minimum atomic E-state index is -3.53. The molecule has 0 atom stereocenters. The van der Waals surface area contributed by atoms with Gasteiger partial charge in [0.25, 0.3) is 0 Å². The highest BCUT2D eigenvalue weighted by atomic mass is 35.7. The zero-order valence-corrected chi connectivity index (χ0v) is 10.8. The summed E-state index contributed by atoms with van der Waals surface area (Å²) in [5, 5.41) is 0. The lowest BCUT2D eigenvalue weighted by atomic mass is 9.88. The van der Waals surface area contributed by atoms with Crippen LogP contribution in [-0.2, 0) is 15.5 Å². The zero-order valence-electron chi connectivity index (χ0n) is 9.20. The van der Waals surface area contributed by atoms with Crippen molar-refractivity contribution in [2.24, 2.45) is 5.41 Å². The van der Waals surface area contributed by atoms with Crippen LogP contribution in [0.5, 0.6) is 0 Å². The topological polar surface area (TPSA) is 34.1 Å². The van der Waals surface area contributed by atoms with Crippen molar-refractivity contribution in [3.63, 3.8) is 0 Å². The second-order valence-corrected chi connectivity index (χ2v) is 7.43. The summed E-state index contributed by atoms with van der Waals surface area (Å²) >= 11 is 0. The molecule has 0 saturated heterocycles. The molecule has 0 bridgehead atoms.